The van der Waals surface area contributed by atoms with Gasteiger partial charge in [-0.2, -0.15) is 0 Å². The fraction of sp³-hybridized carbons (Fsp3) is 0.425. The normalized spacial score (nSPS) is 16.6. The molecule has 3 N–H and O–H groups in total. The van der Waals surface area contributed by atoms with Crippen LogP contribution in [-0.4, -0.2) is 98.5 Å². The van der Waals surface area contributed by atoms with Gasteiger partial charge in [-0.15, -0.1) is 0 Å². The van der Waals surface area contributed by atoms with Gasteiger partial charge in [0.05, 0.1) is 59.5 Å². The summed E-state index contributed by atoms with van der Waals surface area (Å²) >= 11 is 0. The quantitative estimate of drug-likeness (QED) is 0.212. The van der Waals surface area contributed by atoms with E-state index in [1.807, 2.05) is 6.07 Å². The number of likely N-dealkylation sites (tertiary alicyclic amines) is 2. The highest BCUT2D eigenvalue weighted by Crippen LogP contribution is 2.29. The Balaban J connectivity index is 0.000000184. The van der Waals surface area contributed by atoms with Crippen molar-refractivity contribution < 1.29 is 9.47 Å². The maximum absolute atomic E-state index is 12.4. The third-order valence-corrected chi connectivity index (χ3v) is 10.5. The van der Waals surface area contributed by atoms with Crippen molar-refractivity contribution in [2.75, 3.05) is 52.5 Å². The Kier molecular flexibility index (Phi) is 12.0. The number of hydrogen-bond donors (Lipinski definition) is 2. The molecule has 2 aromatic carbocycles. The Bertz CT molecular complexity index is 2330. The van der Waals surface area contributed by atoms with E-state index in [0.717, 1.165) is 98.5 Å². The second-order valence-corrected chi connectivity index (χ2v) is 14.1. The lowest BCUT2D eigenvalue weighted by atomic mass is 10.0. The zero-order chi connectivity index (χ0) is 38.1. The predicted octanol–water partition coefficient (Wildman–Crippen LogP) is 3.74. The average Bonchev–Trinajstić information content (AvgIpc) is 3.23. The molecule has 55 heavy (non-hydrogen) atoms. The number of nitrogens with zero attached hydrogens (tertiary/aromatic N) is 9. The Labute approximate surface area is 319 Å². The molecule has 15 nitrogen and oxygen atoms in total. The van der Waals surface area contributed by atoms with Crippen LogP contribution >= 0.6 is 0 Å². The summed E-state index contributed by atoms with van der Waals surface area (Å²) < 4.78 is 14.6. The van der Waals surface area contributed by atoms with Crippen molar-refractivity contribution in [3.63, 3.8) is 0 Å². The molecule has 3 aliphatic heterocycles. The summed E-state index contributed by atoms with van der Waals surface area (Å²) in [4.78, 5) is 49.1. The highest BCUT2D eigenvalue weighted by atomic mass is 16.6. The molecule has 0 unspecified atom stereocenters. The minimum absolute atomic E-state index is 0.122. The second-order valence-electron chi connectivity index (χ2n) is 14.1. The standard InChI is InChI=1S/C24H26N6O3.C16H19N5O/c1-25-18-2-3-20-21(12-18)30(24(31)16-28-20)9-8-29-6-4-17(5-7-29)26-14-19-13-22-23(15-27-19)33-11-10-32-22;1-18-13-2-3-14-15(10-13)21(16(22)11-19-14)9-8-20-6-4-12(17)5-7-20/h2-3,12-13,15-17,26H,4-11,14H2;2-3,10-12H,4-9,17H2. The number of fused-ring (bicyclic) bond motifs is 3. The summed E-state index contributed by atoms with van der Waals surface area (Å²) in [7, 11) is 0. The summed E-state index contributed by atoms with van der Waals surface area (Å²) in [6, 6.07) is 13.2. The van der Waals surface area contributed by atoms with Crippen LogP contribution in [0.1, 0.15) is 31.4 Å². The first-order chi connectivity index (χ1) is 26.9. The number of ether oxygens (including phenoxy) is 2. The van der Waals surface area contributed by atoms with E-state index in [1.54, 1.807) is 51.7 Å². The van der Waals surface area contributed by atoms with Crippen molar-refractivity contribution in [2.24, 2.45) is 5.73 Å². The monoisotopic (exact) mass is 743 g/mol. The molecule has 3 aromatic heterocycles. The van der Waals surface area contributed by atoms with Gasteiger partial charge in [-0.1, -0.05) is 12.1 Å². The van der Waals surface area contributed by atoms with Gasteiger partial charge in [-0.05, 0) is 76.1 Å². The van der Waals surface area contributed by atoms with Crippen LogP contribution in [-0.2, 0) is 19.6 Å². The van der Waals surface area contributed by atoms with E-state index < -0.39 is 0 Å². The van der Waals surface area contributed by atoms with Crippen LogP contribution < -0.4 is 31.6 Å². The Morgan fingerprint density at radius 1 is 0.691 bits per heavy atom. The van der Waals surface area contributed by atoms with E-state index in [9.17, 15) is 9.59 Å². The van der Waals surface area contributed by atoms with Crippen LogP contribution in [0.15, 0.2) is 70.6 Å². The van der Waals surface area contributed by atoms with Gasteiger partial charge in [-0.25, -0.2) is 19.7 Å². The average molecular weight is 744 g/mol. The molecular weight excluding hydrogens is 699 g/mol. The SMILES string of the molecule is [C-]#[N+]c1ccc2ncc(=O)n(CCN3CCC(N)CC3)c2c1.[C-]#[N+]c1ccc2ncc(=O)n(CCN3CCC(NCc4cc5c(cn4)OCCO5)CC3)c2c1. The smallest absolute Gasteiger partial charge is 0.269 e. The number of piperidine rings is 2. The van der Waals surface area contributed by atoms with Gasteiger partial charge in [0.2, 0.25) is 0 Å². The molecule has 284 valence electrons. The molecule has 5 aromatic rings. The Hall–Kier alpha value is -5.71. The summed E-state index contributed by atoms with van der Waals surface area (Å²) in [6.45, 7) is 22.9. The first-order valence-corrected chi connectivity index (χ1v) is 18.8. The number of nitrogens with one attached hydrogen (secondary N) is 1. The molecule has 2 saturated heterocycles. The third kappa shape index (κ3) is 9.33. The topological polar surface area (TPSA) is 154 Å². The van der Waals surface area contributed by atoms with Crippen LogP contribution in [0.2, 0.25) is 0 Å². The van der Waals surface area contributed by atoms with Gasteiger partial charge >= 0.3 is 0 Å². The summed E-state index contributed by atoms with van der Waals surface area (Å²) in [5, 5.41) is 3.61. The van der Waals surface area contributed by atoms with Gasteiger partial charge < -0.3 is 39.5 Å². The van der Waals surface area contributed by atoms with Crippen LogP contribution in [0.3, 0.4) is 0 Å². The van der Waals surface area contributed by atoms with Crippen molar-refractivity contribution in [3.8, 4) is 11.5 Å². The molecule has 0 spiro atoms. The lowest BCUT2D eigenvalue weighted by molar-refractivity contribution is 0.170. The van der Waals surface area contributed by atoms with Crippen molar-refractivity contribution >= 4 is 33.4 Å². The van der Waals surface area contributed by atoms with Gasteiger partial charge in [0.15, 0.2) is 22.9 Å². The molecule has 0 saturated carbocycles. The van der Waals surface area contributed by atoms with E-state index in [4.69, 9.17) is 28.4 Å². The molecule has 0 atom stereocenters. The molecule has 6 heterocycles. The van der Waals surface area contributed by atoms with Gasteiger partial charge in [0.1, 0.15) is 13.2 Å². The summed E-state index contributed by atoms with van der Waals surface area (Å²) in [5.74, 6) is 1.48. The van der Waals surface area contributed by atoms with E-state index in [1.165, 1.54) is 12.4 Å². The zero-order valence-electron chi connectivity index (χ0n) is 30.8. The zero-order valence-corrected chi connectivity index (χ0v) is 30.8. The highest BCUT2D eigenvalue weighted by molar-refractivity contribution is 5.80. The maximum Gasteiger partial charge on any atom is 0.269 e. The van der Waals surface area contributed by atoms with Crippen LogP contribution in [0.5, 0.6) is 11.5 Å². The number of aromatic nitrogens is 5. The number of nitrogens with two attached hydrogens (primary N) is 1. The third-order valence-electron chi connectivity index (χ3n) is 10.5. The van der Waals surface area contributed by atoms with Crippen molar-refractivity contribution in [2.45, 2.75) is 57.4 Å². The molecule has 0 aliphatic carbocycles. The van der Waals surface area contributed by atoms with E-state index in [-0.39, 0.29) is 11.1 Å². The lowest BCUT2D eigenvalue weighted by Gasteiger charge is -2.32. The number of hydrogen-bond acceptors (Lipinski definition) is 11. The van der Waals surface area contributed by atoms with Crippen LogP contribution in [0, 0.1) is 13.1 Å². The van der Waals surface area contributed by atoms with E-state index >= 15 is 0 Å². The van der Waals surface area contributed by atoms with Gasteiger partial charge in [0, 0.05) is 50.9 Å². The molecule has 2 fully saturated rings. The minimum atomic E-state index is -0.131. The lowest BCUT2D eigenvalue weighted by Crippen LogP contribution is -2.43. The molecule has 8 rings (SSSR count). The van der Waals surface area contributed by atoms with Gasteiger partial charge in [0.25, 0.3) is 11.1 Å². The van der Waals surface area contributed by atoms with E-state index in [0.29, 0.717) is 62.1 Å². The summed E-state index contributed by atoms with van der Waals surface area (Å²) in [6.07, 6.45) is 8.55. The predicted molar refractivity (Wildman–Crippen MR) is 210 cm³/mol. The molecule has 3 aliphatic rings. The van der Waals surface area contributed by atoms with Crippen LogP contribution in [0.25, 0.3) is 31.8 Å². The van der Waals surface area contributed by atoms with Crippen molar-refractivity contribution in [1.82, 2.24) is 39.2 Å². The first-order valence-electron chi connectivity index (χ1n) is 18.8. The molecule has 0 radical (unpaired) electrons. The van der Waals surface area contributed by atoms with Crippen molar-refractivity contribution in [3.05, 3.63) is 110 Å². The van der Waals surface area contributed by atoms with Gasteiger partial charge in [-0.3, -0.25) is 14.6 Å². The molecule has 0 bridgehead atoms. The molecular formula is C40H45N11O4. The largest absolute Gasteiger partial charge is 0.486 e. The summed E-state index contributed by atoms with van der Waals surface area (Å²) in [5.41, 5.74) is 10.6. The fourth-order valence-corrected chi connectivity index (χ4v) is 7.26. The number of benzene rings is 2. The maximum atomic E-state index is 12.4. The second kappa shape index (κ2) is 17.6. The number of rotatable bonds is 9. The first kappa shape index (κ1) is 37.6. The minimum Gasteiger partial charge on any atom is -0.486 e. The molecule has 15 heteroatoms. The molecule has 0 amide bonds. The van der Waals surface area contributed by atoms with Crippen LogP contribution in [0.4, 0.5) is 11.4 Å². The Morgan fingerprint density at radius 3 is 1.76 bits per heavy atom. The van der Waals surface area contributed by atoms with Crippen molar-refractivity contribution in [1.29, 1.82) is 0 Å². The fourth-order valence-electron chi connectivity index (χ4n) is 7.26. The number of pyridine rings is 1. The highest BCUT2D eigenvalue weighted by Gasteiger charge is 2.20. The Morgan fingerprint density at radius 2 is 1.22 bits per heavy atom. The van der Waals surface area contributed by atoms with E-state index in [2.05, 4.69) is 39.8 Å².